The van der Waals surface area contributed by atoms with Gasteiger partial charge >= 0.3 is 5.97 Å². The van der Waals surface area contributed by atoms with Crippen LogP contribution in [0.1, 0.15) is 49.7 Å². The molecular weight excluding hydrogens is 480 g/mol. The fourth-order valence-corrected chi connectivity index (χ4v) is 9.13. The van der Waals surface area contributed by atoms with Gasteiger partial charge in [-0.2, -0.15) is 0 Å². The largest absolute Gasteiger partial charge is 0.482 e. The lowest BCUT2D eigenvalue weighted by Crippen LogP contribution is -2.60. The number of carbonyl (C=O) groups is 1. The topological polar surface area (TPSA) is 55.8 Å². The van der Waals surface area contributed by atoms with Gasteiger partial charge in [0.2, 0.25) is 0 Å². The summed E-state index contributed by atoms with van der Waals surface area (Å²) in [5.74, 6) is 1.27. The predicted octanol–water partition coefficient (Wildman–Crippen LogP) is 6.40. The number of hydrogen-bond donors (Lipinski definition) is 1. The van der Waals surface area contributed by atoms with Gasteiger partial charge in [-0.05, 0) is 106 Å². The molecule has 4 bridgehead atoms. The Morgan fingerprint density at radius 2 is 1.30 bits per heavy atom. The van der Waals surface area contributed by atoms with E-state index in [1.165, 1.54) is 25.8 Å². The van der Waals surface area contributed by atoms with Crippen molar-refractivity contribution >= 4 is 16.9 Å². The summed E-state index contributed by atoms with van der Waals surface area (Å²) >= 11 is 0. The molecule has 2 unspecified atom stereocenters. The molecule has 1 N–H and O–H groups in total. The fourth-order valence-electron chi connectivity index (χ4n) is 7.09. The summed E-state index contributed by atoms with van der Waals surface area (Å²) in [6, 6.07) is 25.6. The quantitative estimate of drug-likeness (QED) is 0.292. The van der Waals surface area contributed by atoms with E-state index in [4.69, 9.17) is 9.47 Å². The second kappa shape index (κ2) is 9.52. The Balaban J connectivity index is 1.14. The van der Waals surface area contributed by atoms with Crippen LogP contribution in [-0.4, -0.2) is 28.9 Å². The smallest absolute Gasteiger partial charge is 0.344 e. The van der Waals surface area contributed by atoms with Crippen LogP contribution in [0.4, 0.5) is 0 Å². The lowest BCUT2D eigenvalue weighted by molar-refractivity contribution is -0.220. The number of rotatable bonds is 7. The average molecular weight is 516 g/mol. The molecule has 0 aliphatic heterocycles. The number of aryl methyl sites for hydroxylation is 2. The SMILES string of the molecule is Cc1ccc([S+](c2ccc(C)cc2)c2ccc(OCC(=O)OC34CC5CC(CC(O)(C5)C3)C4)cc2)cc1. The zero-order valence-corrected chi connectivity index (χ0v) is 22.4. The highest BCUT2D eigenvalue weighted by atomic mass is 32.2. The number of ether oxygens (including phenoxy) is 2. The van der Waals surface area contributed by atoms with Crippen molar-refractivity contribution in [2.24, 2.45) is 11.8 Å². The molecule has 4 aliphatic rings. The van der Waals surface area contributed by atoms with Crippen LogP contribution in [0.2, 0.25) is 0 Å². The molecule has 37 heavy (non-hydrogen) atoms. The highest BCUT2D eigenvalue weighted by Gasteiger charge is 2.59. The van der Waals surface area contributed by atoms with Crippen molar-refractivity contribution in [1.29, 1.82) is 0 Å². The van der Waals surface area contributed by atoms with Crippen LogP contribution >= 0.6 is 0 Å². The summed E-state index contributed by atoms with van der Waals surface area (Å²) in [7, 11) is -0.235. The van der Waals surface area contributed by atoms with Crippen LogP contribution in [0.25, 0.3) is 0 Å². The number of esters is 1. The van der Waals surface area contributed by atoms with E-state index < -0.39 is 11.2 Å². The van der Waals surface area contributed by atoms with Crippen molar-refractivity contribution in [2.45, 2.75) is 78.3 Å². The van der Waals surface area contributed by atoms with Crippen molar-refractivity contribution in [3.05, 3.63) is 83.9 Å². The number of hydrogen-bond acceptors (Lipinski definition) is 4. The van der Waals surface area contributed by atoms with E-state index in [0.717, 1.165) is 32.1 Å². The van der Waals surface area contributed by atoms with Gasteiger partial charge in [-0.15, -0.1) is 0 Å². The maximum absolute atomic E-state index is 12.8. The fraction of sp³-hybridized carbons (Fsp3) is 0.406. The van der Waals surface area contributed by atoms with Gasteiger partial charge in [0.15, 0.2) is 21.3 Å². The molecule has 5 heteroatoms. The van der Waals surface area contributed by atoms with Gasteiger partial charge < -0.3 is 14.6 Å². The third kappa shape index (κ3) is 5.17. The molecule has 0 heterocycles. The molecule has 0 radical (unpaired) electrons. The van der Waals surface area contributed by atoms with Gasteiger partial charge in [0, 0.05) is 6.42 Å². The minimum absolute atomic E-state index is 0.115. The summed E-state index contributed by atoms with van der Waals surface area (Å²) in [5.41, 5.74) is 1.34. The Hall–Kier alpha value is -2.76. The predicted molar refractivity (Wildman–Crippen MR) is 145 cm³/mol. The lowest BCUT2D eigenvalue weighted by atomic mass is 9.52. The van der Waals surface area contributed by atoms with Crippen LogP contribution < -0.4 is 4.74 Å². The minimum Gasteiger partial charge on any atom is -0.482 e. The van der Waals surface area contributed by atoms with E-state index in [1.54, 1.807) is 0 Å². The molecule has 2 atom stereocenters. The van der Waals surface area contributed by atoms with Gasteiger partial charge in [-0.1, -0.05) is 35.4 Å². The van der Waals surface area contributed by atoms with E-state index >= 15 is 0 Å². The first-order valence-corrected chi connectivity index (χ1v) is 14.6. The van der Waals surface area contributed by atoms with E-state index in [0.29, 0.717) is 24.0 Å². The molecular formula is C32H35O4S+. The highest BCUT2D eigenvalue weighted by Crippen LogP contribution is 2.58. The molecule has 0 spiro atoms. The summed E-state index contributed by atoms with van der Waals surface area (Å²) in [5, 5.41) is 10.9. The van der Waals surface area contributed by atoms with Crippen LogP contribution in [-0.2, 0) is 20.4 Å². The molecule has 7 rings (SSSR count). The van der Waals surface area contributed by atoms with Gasteiger partial charge in [0.1, 0.15) is 11.4 Å². The monoisotopic (exact) mass is 515 g/mol. The molecule has 4 nitrogen and oxygen atoms in total. The van der Waals surface area contributed by atoms with Crippen LogP contribution in [0, 0.1) is 25.7 Å². The summed E-state index contributed by atoms with van der Waals surface area (Å²) in [4.78, 5) is 16.5. The number of carbonyl (C=O) groups excluding carboxylic acids is 1. The molecule has 3 aromatic rings. The van der Waals surface area contributed by atoms with E-state index in [-0.39, 0.29) is 23.5 Å². The van der Waals surface area contributed by atoms with Gasteiger partial charge in [0.05, 0.1) is 16.5 Å². The molecule has 4 saturated carbocycles. The molecule has 0 saturated heterocycles. The van der Waals surface area contributed by atoms with Crippen LogP contribution in [0.3, 0.4) is 0 Å². The average Bonchev–Trinajstić information content (AvgIpc) is 2.84. The standard InChI is InChI=1S/C32H35O4S/c1-22-3-9-27(10-4-22)37(28-11-5-23(2)6-12-28)29-13-7-26(8-14-29)35-20-30(33)36-32-18-24-15-25(19-32)17-31(34,16-24)21-32/h3-14,24-25,34H,15-21H2,1-2H3/q+1. The zero-order chi connectivity index (χ0) is 25.6. The Kier molecular flexibility index (Phi) is 6.32. The third-order valence-corrected chi connectivity index (χ3v) is 10.5. The van der Waals surface area contributed by atoms with E-state index in [1.807, 2.05) is 12.1 Å². The van der Waals surface area contributed by atoms with Gasteiger partial charge in [0.25, 0.3) is 0 Å². The second-order valence-corrected chi connectivity index (χ2v) is 13.6. The number of aliphatic hydroxyl groups is 1. The Labute approximate surface area is 222 Å². The molecule has 0 aromatic heterocycles. The summed E-state index contributed by atoms with van der Waals surface area (Å²) in [6.45, 7) is 4.10. The second-order valence-electron chi connectivity index (χ2n) is 11.5. The normalized spacial score (nSPS) is 27.9. The van der Waals surface area contributed by atoms with Crippen molar-refractivity contribution in [1.82, 2.24) is 0 Å². The van der Waals surface area contributed by atoms with Gasteiger partial charge in [-0.25, -0.2) is 4.79 Å². The van der Waals surface area contributed by atoms with Gasteiger partial charge in [-0.3, -0.25) is 0 Å². The maximum atomic E-state index is 12.8. The van der Waals surface area contributed by atoms with Crippen molar-refractivity contribution in [3.8, 4) is 5.75 Å². The number of benzene rings is 3. The molecule has 0 amide bonds. The Morgan fingerprint density at radius 1 is 0.811 bits per heavy atom. The molecule has 3 aromatic carbocycles. The van der Waals surface area contributed by atoms with Crippen molar-refractivity contribution in [3.63, 3.8) is 0 Å². The van der Waals surface area contributed by atoms with Crippen LogP contribution in [0.5, 0.6) is 5.75 Å². The minimum atomic E-state index is -0.646. The van der Waals surface area contributed by atoms with E-state index in [2.05, 4.69) is 74.5 Å². The third-order valence-electron chi connectivity index (χ3n) is 8.24. The highest BCUT2D eigenvalue weighted by molar-refractivity contribution is 7.97. The van der Waals surface area contributed by atoms with Crippen molar-refractivity contribution in [2.75, 3.05) is 6.61 Å². The summed E-state index contributed by atoms with van der Waals surface area (Å²) in [6.07, 6.45) is 5.22. The van der Waals surface area contributed by atoms with Crippen LogP contribution in [0.15, 0.2) is 87.5 Å². The first kappa shape index (κ1) is 24.6. The van der Waals surface area contributed by atoms with Crippen molar-refractivity contribution < 1.29 is 19.4 Å². The molecule has 192 valence electrons. The maximum Gasteiger partial charge on any atom is 0.344 e. The van der Waals surface area contributed by atoms with E-state index in [9.17, 15) is 9.90 Å². The lowest BCUT2D eigenvalue weighted by Gasteiger charge is -2.59. The summed E-state index contributed by atoms with van der Waals surface area (Å²) < 4.78 is 11.9. The first-order chi connectivity index (χ1) is 17.8. The zero-order valence-electron chi connectivity index (χ0n) is 21.6. The Morgan fingerprint density at radius 3 is 1.78 bits per heavy atom. The Bertz CT molecular complexity index is 1210. The molecule has 4 fully saturated rings. The first-order valence-electron chi connectivity index (χ1n) is 13.3. The molecule has 4 aliphatic carbocycles.